The number of carbonyl (C=O) groups is 1. The summed E-state index contributed by atoms with van der Waals surface area (Å²) in [5.41, 5.74) is 4.06. The predicted molar refractivity (Wildman–Crippen MR) is 109 cm³/mol. The number of hydrogen-bond acceptors (Lipinski definition) is 2. The van der Waals surface area contributed by atoms with E-state index >= 15 is 0 Å². The van der Waals surface area contributed by atoms with Crippen molar-refractivity contribution in [2.24, 2.45) is 0 Å². The number of rotatable bonds is 5. The third kappa shape index (κ3) is 4.95. The molecule has 1 aliphatic rings. The van der Waals surface area contributed by atoms with Crippen molar-refractivity contribution in [1.82, 2.24) is 4.90 Å². The molecule has 0 saturated carbocycles. The number of para-hydroxylation sites is 1. The molecule has 1 saturated heterocycles. The van der Waals surface area contributed by atoms with Gasteiger partial charge in [0.15, 0.2) is 0 Å². The minimum Gasteiger partial charge on any atom is -0.322 e. The molecule has 0 bridgehead atoms. The van der Waals surface area contributed by atoms with Gasteiger partial charge in [-0.2, -0.15) is 0 Å². The lowest BCUT2D eigenvalue weighted by molar-refractivity contribution is 0.102. The van der Waals surface area contributed by atoms with Crippen molar-refractivity contribution in [1.29, 1.82) is 0 Å². The first-order valence-corrected chi connectivity index (χ1v) is 9.85. The molecule has 3 heteroatoms. The maximum atomic E-state index is 12.6. The van der Waals surface area contributed by atoms with Gasteiger partial charge in [0.05, 0.1) is 0 Å². The minimum atomic E-state index is -0.0422. The van der Waals surface area contributed by atoms with Gasteiger partial charge in [-0.05, 0) is 61.2 Å². The number of amides is 1. The van der Waals surface area contributed by atoms with Crippen LogP contribution in [0.15, 0.2) is 48.5 Å². The van der Waals surface area contributed by atoms with Gasteiger partial charge in [-0.15, -0.1) is 0 Å². The molecule has 0 radical (unpaired) electrons. The van der Waals surface area contributed by atoms with Gasteiger partial charge in [0.1, 0.15) is 0 Å². The van der Waals surface area contributed by atoms with Crippen LogP contribution in [0.3, 0.4) is 0 Å². The molecular formula is C23H30N2O. The number of likely N-dealkylation sites (tertiary alicyclic amines) is 1. The second-order valence-corrected chi connectivity index (χ2v) is 7.58. The van der Waals surface area contributed by atoms with Gasteiger partial charge >= 0.3 is 0 Å². The summed E-state index contributed by atoms with van der Waals surface area (Å²) in [5, 5.41) is 3.07. The lowest BCUT2D eigenvalue weighted by atomic mass is 10.0. The van der Waals surface area contributed by atoms with Crippen LogP contribution < -0.4 is 5.32 Å². The van der Waals surface area contributed by atoms with E-state index in [2.05, 4.69) is 42.3 Å². The van der Waals surface area contributed by atoms with Gasteiger partial charge in [-0.3, -0.25) is 9.69 Å². The van der Waals surface area contributed by atoms with Crippen LogP contribution in [0.2, 0.25) is 0 Å². The van der Waals surface area contributed by atoms with Crippen molar-refractivity contribution < 1.29 is 4.79 Å². The first-order chi connectivity index (χ1) is 12.6. The van der Waals surface area contributed by atoms with Crippen molar-refractivity contribution in [3.05, 3.63) is 65.2 Å². The summed E-state index contributed by atoms with van der Waals surface area (Å²) in [6, 6.07) is 16.1. The molecule has 2 aromatic rings. The molecule has 1 N–H and O–H groups in total. The Balaban J connectivity index is 1.64. The topological polar surface area (TPSA) is 32.3 Å². The zero-order chi connectivity index (χ0) is 18.4. The maximum absolute atomic E-state index is 12.6. The Kier molecular flexibility index (Phi) is 6.45. The zero-order valence-corrected chi connectivity index (χ0v) is 16.0. The standard InChI is InChI=1S/C23H30N2O/c1-18(2)21-9-5-6-10-22(21)24-23(26)20-13-11-19(12-14-20)17-25-15-7-3-4-8-16-25/h5-6,9-14,18H,3-4,7-8,15-17H2,1-2H3,(H,24,26). The Morgan fingerprint density at radius 2 is 1.62 bits per heavy atom. The van der Waals surface area contributed by atoms with Crippen molar-refractivity contribution in [3.8, 4) is 0 Å². The molecule has 0 spiro atoms. The highest BCUT2D eigenvalue weighted by molar-refractivity contribution is 6.04. The highest BCUT2D eigenvalue weighted by Crippen LogP contribution is 2.24. The van der Waals surface area contributed by atoms with Gasteiger partial charge in [0, 0.05) is 17.8 Å². The Morgan fingerprint density at radius 1 is 0.962 bits per heavy atom. The van der Waals surface area contributed by atoms with Crippen LogP contribution in [0.5, 0.6) is 0 Å². The zero-order valence-electron chi connectivity index (χ0n) is 16.0. The number of benzene rings is 2. The lowest BCUT2D eigenvalue weighted by Gasteiger charge is -2.19. The summed E-state index contributed by atoms with van der Waals surface area (Å²) < 4.78 is 0. The first kappa shape index (κ1) is 18.7. The van der Waals surface area contributed by atoms with Gasteiger partial charge in [0.25, 0.3) is 5.91 Å². The van der Waals surface area contributed by atoms with Crippen LogP contribution in [0, 0.1) is 0 Å². The maximum Gasteiger partial charge on any atom is 0.255 e. The lowest BCUT2D eigenvalue weighted by Crippen LogP contribution is -2.24. The average Bonchev–Trinajstić information content (AvgIpc) is 2.91. The molecule has 0 unspecified atom stereocenters. The number of nitrogens with one attached hydrogen (secondary N) is 1. The molecule has 0 atom stereocenters. The summed E-state index contributed by atoms with van der Waals surface area (Å²) in [6.07, 6.45) is 5.31. The molecule has 1 fully saturated rings. The van der Waals surface area contributed by atoms with Crippen LogP contribution in [0.1, 0.15) is 66.9 Å². The third-order valence-electron chi connectivity index (χ3n) is 5.15. The largest absolute Gasteiger partial charge is 0.322 e. The summed E-state index contributed by atoms with van der Waals surface area (Å²) in [4.78, 5) is 15.1. The fourth-order valence-corrected chi connectivity index (χ4v) is 3.62. The molecule has 26 heavy (non-hydrogen) atoms. The Hall–Kier alpha value is -2.13. The Labute approximate surface area is 157 Å². The molecule has 2 aromatic carbocycles. The van der Waals surface area contributed by atoms with Crippen LogP contribution in [-0.4, -0.2) is 23.9 Å². The summed E-state index contributed by atoms with van der Waals surface area (Å²) in [6.45, 7) is 7.64. The second-order valence-electron chi connectivity index (χ2n) is 7.58. The molecule has 138 valence electrons. The van der Waals surface area contributed by atoms with E-state index in [-0.39, 0.29) is 5.91 Å². The van der Waals surface area contributed by atoms with Crippen LogP contribution in [-0.2, 0) is 6.54 Å². The minimum absolute atomic E-state index is 0.0422. The van der Waals surface area contributed by atoms with E-state index in [4.69, 9.17) is 0 Å². The van der Waals surface area contributed by atoms with Gasteiger partial charge in [-0.25, -0.2) is 0 Å². The van der Waals surface area contributed by atoms with Gasteiger partial charge in [-0.1, -0.05) is 57.0 Å². The smallest absolute Gasteiger partial charge is 0.255 e. The Bertz CT molecular complexity index is 713. The predicted octanol–water partition coefficient (Wildman–Crippen LogP) is 5.44. The summed E-state index contributed by atoms with van der Waals surface area (Å²) in [7, 11) is 0. The average molecular weight is 351 g/mol. The molecule has 1 aliphatic heterocycles. The van der Waals surface area contributed by atoms with Gasteiger partial charge < -0.3 is 5.32 Å². The fourth-order valence-electron chi connectivity index (χ4n) is 3.62. The number of carbonyl (C=O) groups excluding carboxylic acids is 1. The highest BCUT2D eigenvalue weighted by Gasteiger charge is 2.12. The molecule has 3 nitrogen and oxygen atoms in total. The van der Waals surface area contributed by atoms with E-state index in [9.17, 15) is 4.79 Å². The second kappa shape index (κ2) is 9.00. The van der Waals surface area contributed by atoms with Crippen molar-refractivity contribution in [2.45, 2.75) is 52.0 Å². The molecule has 3 rings (SSSR count). The molecular weight excluding hydrogens is 320 g/mol. The van der Waals surface area contributed by atoms with Crippen molar-refractivity contribution >= 4 is 11.6 Å². The van der Waals surface area contributed by atoms with Crippen LogP contribution in [0.4, 0.5) is 5.69 Å². The molecule has 0 aromatic heterocycles. The van der Waals surface area contributed by atoms with E-state index in [0.29, 0.717) is 11.5 Å². The SMILES string of the molecule is CC(C)c1ccccc1NC(=O)c1ccc(CN2CCCCCC2)cc1. The fraction of sp³-hybridized carbons (Fsp3) is 0.435. The first-order valence-electron chi connectivity index (χ1n) is 9.85. The number of anilines is 1. The molecule has 1 amide bonds. The monoisotopic (exact) mass is 350 g/mol. The number of nitrogens with zero attached hydrogens (tertiary/aromatic N) is 1. The van der Waals surface area contributed by atoms with E-state index in [1.54, 1.807) is 0 Å². The third-order valence-corrected chi connectivity index (χ3v) is 5.15. The van der Waals surface area contributed by atoms with E-state index < -0.39 is 0 Å². The van der Waals surface area contributed by atoms with Crippen LogP contribution in [0.25, 0.3) is 0 Å². The quantitative estimate of drug-likeness (QED) is 0.779. The number of hydrogen-bond donors (Lipinski definition) is 1. The van der Waals surface area contributed by atoms with Crippen molar-refractivity contribution in [3.63, 3.8) is 0 Å². The summed E-state index contributed by atoms with van der Waals surface area (Å²) >= 11 is 0. The van der Waals surface area contributed by atoms with E-state index in [1.165, 1.54) is 49.9 Å². The van der Waals surface area contributed by atoms with Crippen molar-refractivity contribution in [2.75, 3.05) is 18.4 Å². The van der Waals surface area contributed by atoms with E-state index in [0.717, 1.165) is 12.2 Å². The summed E-state index contributed by atoms with van der Waals surface area (Å²) in [5.74, 6) is 0.335. The molecule has 0 aliphatic carbocycles. The molecule has 1 heterocycles. The highest BCUT2D eigenvalue weighted by atomic mass is 16.1. The van der Waals surface area contributed by atoms with E-state index in [1.807, 2.05) is 30.3 Å². The van der Waals surface area contributed by atoms with Gasteiger partial charge in [0.2, 0.25) is 0 Å². The Morgan fingerprint density at radius 3 is 2.27 bits per heavy atom. The normalized spacial score (nSPS) is 15.7. The van der Waals surface area contributed by atoms with Crippen LogP contribution >= 0.6 is 0 Å².